The molecule has 2 amide bonds. The highest BCUT2D eigenvalue weighted by atomic mass is 32.2. The van der Waals surface area contributed by atoms with Crippen molar-refractivity contribution in [3.8, 4) is 0 Å². The molecule has 19 heavy (non-hydrogen) atoms. The normalized spacial score (nSPS) is 23.1. The van der Waals surface area contributed by atoms with Gasteiger partial charge in [0, 0.05) is 17.4 Å². The Morgan fingerprint density at radius 1 is 1.53 bits per heavy atom. The van der Waals surface area contributed by atoms with E-state index in [-0.39, 0.29) is 12.1 Å². The van der Waals surface area contributed by atoms with Crippen LogP contribution in [0.15, 0.2) is 10.6 Å². The van der Waals surface area contributed by atoms with Gasteiger partial charge in [-0.05, 0) is 25.5 Å². The van der Waals surface area contributed by atoms with Gasteiger partial charge in [0.15, 0.2) is 5.82 Å². The lowest BCUT2D eigenvalue weighted by atomic mass is 9.95. The van der Waals surface area contributed by atoms with E-state index in [1.807, 2.05) is 11.8 Å². The van der Waals surface area contributed by atoms with E-state index < -0.39 is 0 Å². The molecule has 0 saturated heterocycles. The first-order chi connectivity index (χ1) is 9.19. The standard InChI is InChI=1S/C13H21N3O2S/c1-3-19-11-7-5-4-6-10(11)14-13(17)15-12-8-9(2)18-16-12/h8,10-11H,3-7H2,1-2H3,(H2,14,15,16,17)/t10-,11-/m1/s1. The first-order valence-electron chi connectivity index (χ1n) is 6.81. The van der Waals surface area contributed by atoms with Crippen molar-refractivity contribution in [3.63, 3.8) is 0 Å². The highest BCUT2D eigenvalue weighted by molar-refractivity contribution is 7.99. The summed E-state index contributed by atoms with van der Waals surface area (Å²) in [7, 11) is 0. The molecule has 1 heterocycles. The predicted octanol–water partition coefficient (Wildman–Crippen LogP) is 3.17. The Hall–Kier alpha value is -1.17. The summed E-state index contributed by atoms with van der Waals surface area (Å²) in [5.74, 6) is 2.24. The molecule has 6 heteroatoms. The molecule has 1 fully saturated rings. The van der Waals surface area contributed by atoms with Crippen LogP contribution in [0.25, 0.3) is 0 Å². The number of carbonyl (C=O) groups excluding carboxylic acids is 1. The Morgan fingerprint density at radius 2 is 2.32 bits per heavy atom. The fourth-order valence-corrected chi connectivity index (χ4v) is 3.62. The molecule has 2 atom stereocenters. The molecule has 0 unspecified atom stereocenters. The Labute approximate surface area is 117 Å². The molecule has 2 rings (SSSR count). The minimum absolute atomic E-state index is 0.193. The van der Waals surface area contributed by atoms with Crippen LogP contribution in [-0.4, -0.2) is 28.2 Å². The third-order valence-corrected chi connectivity index (χ3v) is 4.60. The van der Waals surface area contributed by atoms with Crippen LogP contribution in [-0.2, 0) is 0 Å². The smallest absolute Gasteiger partial charge is 0.320 e. The molecular formula is C13H21N3O2S. The summed E-state index contributed by atoms with van der Waals surface area (Å²) in [4.78, 5) is 11.9. The average Bonchev–Trinajstić information content (AvgIpc) is 2.77. The zero-order valence-corrected chi connectivity index (χ0v) is 12.3. The number of aromatic nitrogens is 1. The van der Waals surface area contributed by atoms with Crippen molar-refractivity contribution in [3.05, 3.63) is 11.8 Å². The summed E-state index contributed by atoms with van der Waals surface area (Å²) in [6, 6.07) is 1.77. The van der Waals surface area contributed by atoms with Crippen molar-refractivity contribution in [1.29, 1.82) is 0 Å². The van der Waals surface area contributed by atoms with Crippen LogP contribution < -0.4 is 10.6 Å². The van der Waals surface area contributed by atoms with Crippen molar-refractivity contribution in [2.45, 2.75) is 50.8 Å². The molecule has 0 aliphatic heterocycles. The molecule has 0 bridgehead atoms. The Kier molecular flexibility index (Phi) is 5.13. The van der Waals surface area contributed by atoms with Gasteiger partial charge in [0.1, 0.15) is 5.76 Å². The maximum atomic E-state index is 11.9. The molecule has 0 spiro atoms. The number of urea groups is 1. The summed E-state index contributed by atoms with van der Waals surface area (Å²) in [6.45, 7) is 3.96. The molecule has 0 radical (unpaired) electrons. The van der Waals surface area contributed by atoms with E-state index in [4.69, 9.17) is 4.52 Å². The van der Waals surface area contributed by atoms with E-state index in [0.29, 0.717) is 16.8 Å². The number of hydrogen-bond acceptors (Lipinski definition) is 4. The number of thioether (sulfide) groups is 1. The number of anilines is 1. The van der Waals surface area contributed by atoms with E-state index in [1.54, 1.807) is 13.0 Å². The molecule has 2 N–H and O–H groups in total. The molecule has 1 aliphatic rings. The first-order valence-corrected chi connectivity index (χ1v) is 7.86. The van der Waals surface area contributed by atoms with Crippen LogP contribution in [0.3, 0.4) is 0 Å². The van der Waals surface area contributed by atoms with Gasteiger partial charge in [-0.1, -0.05) is 24.9 Å². The average molecular weight is 283 g/mol. The largest absolute Gasteiger partial charge is 0.360 e. The number of nitrogens with one attached hydrogen (secondary N) is 2. The van der Waals surface area contributed by atoms with Gasteiger partial charge < -0.3 is 9.84 Å². The van der Waals surface area contributed by atoms with Gasteiger partial charge in [0.25, 0.3) is 0 Å². The second kappa shape index (κ2) is 6.84. The van der Waals surface area contributed by atoms with Crippen molar-refractivity contribution in [1.82, 2.24) is 10.5 Å². The number of amides is 2. The Balaban J connectivity index is 1.86. The molecule has 5 nitrogen and oxygen atoms in total. The van der Waals surface area contributed by atoms with Crippen molar-refractivity contribution >= 4 is 23.6 Å². The number of carbonyl (C=O) groups is 1. The lowest BCUT2D eigenvalue weighted by Crippen LogP contribution is -2.45. The number of nitrogens with zero attached hydrogens (tertiary/aromatic N) is 1. The molecule has 106 valence electrons. The van der Waals surface area contributed by atoms with Crippen molar-refractivity contribution in [2.75, 3.05) is 11.1 Å². The van der Waals surface area contributed by atoms with Crippen LogP contribution >= 0.6 is 11.8 Å². The highest BCUT2D eigenvalue weighted by Gasteiger charge is 2.26. The number of rotatable bonds is 4. The van der Waals surface area contributed by atoms with Crippen molar-refractivity contribution in [2.24, 2.45) is 0 Å². The fourth-order valence-electron chi connectivity index (χ4n) is 2.42. The minimum atomic E-state index is -0.193. The van der Waals surface area contributed by atoms with E-state index in [0.717, 1.165) is 12.2 Å². The van der Waals surface area contributed by atoms with Gasteiger partial charge in [-0.2, -0.15) is 11.8 Å². The minimum Gasteiger partial charge on any atom is -0.360 e. The van der Waals surface area contributed by atoms with Crippen LogP contribution in [0.1, 0.15) is 38.4 Å². The lowest BCUT2D eigenvalue weighted by molar-refractivity contribution is 0.244. The van der Waals surface area contributed by atoms with Crippen molar-refractivity contribution < 1.29 is 9.32 Å². The van der Waals surface area contributed by atoms with Gasteiger partial charge in [0.2, 0.25) is 0 Å². The zero-order chi connectivity index (χ0) is 13.7. The summed E-state index contributed by atoms with van der Waals surface area (Å²) < 4.78 is 4.92. The van der Waals surface area contributed by atoms with Crippen LogP contribution in [0.5, 0.6) is 0 Å². The Morgan fingerprint density at radius 3 is 3.00 bits per heavy atom. The third kappa shape index (κ3) is 4.16. The fraction of sp³-hybridized carbons (Fsp3) is 0.692. The zero-order valence-electron chi connectivity index (χ0n) is 11.4. The quantitative estimate of drug-likeness (QED) is 0.890. The van der Waals surface area contributed by atoms with E-state index >= 15 is 0 Å². The van der Waals surface area contributed by atoms with Crippen LogP contribution in [0.4, 0.5) is 10.6 Å². The van der Waals surface area contributed by atoms with E-state index in [2.05, 4.69) is 22.7 Å². The topological polar surface area (TPSA) is 67.2 Å². The Bertz CT molecular complexity index is 420. The molecule has 1 aromatic heterocycles. The number of aryl methyl sites for hydroxylation is 1. The monoisotopic (exact) mass is 283 g/mol. The summed E-state index contributed by atoms with van der Waals surface area (Å²) in [5, 5.41) is 10.1. The van der Waals surface area contributed by atoms with Crippen LogP contribution in [0.2, 0.25) is 0 Å². The van der Waals surface area contributed by atoms with E-state index in [1.165, 1.54) is 19.3 Å². The second-order valence-electron chi connectivity index (χ2n) is 4.81. The molecule has 1 aliphatic carbocycles. The van der Waals surface area contributed by atoms with Gasteiger partial charge in [-0.25, -0.2) is 4.79 Å². The maximum absolute atomic E-state index is 11.9. The highest BCUT2D eigenvalue weighted by Crippen LogP contribution is 2.28. The first kappa shape index (κ1) is 14.2. The summed E-state index contributed by atoms with van der Waals surface area (Å²) in [5.41, 5.74) is 0. The molecule has 1 saturated carbocycles. The maximum Gasteiger partial charge on any atom is 0.320 e. The molecular weight excluding hydrogens is 262 g/mol. The summed E-state index contributed by atoms with van der Waals surface area (Å²) >= 11 is 1.94. The second-order valence-corrected chi connectivity index (χ2v) is 6.32. The summed E-state index contributed by atoms with van der Waals surface area (Å²) in [6.07, 6.45) is 4.70. The number of hydrogen-bond donors (Lipinski definition) is 2. The molecule has 0 aromatic carbocycles. The SMILES string of the molecule is CCS[C@@H]1CCCC[C@H]1NC(=O)Nc1cc(C)on1. The van der Waals surface area contributed by atoms with Gasteiger partial charge in [0.05, 0.1) is 0 Å². The van der Waals surface area contributed by atoms with Gasteiger partial charge in [-0.3, -0.25) is 5.32 Å². The van der Waals surface area contributed by atoms with Gasteiger partial charge >= 0.3 is 6.03 Å². The molecule has 1 aromatic rings. The van der Waals surface area contributed by atoms with Crippen LogP contribution in [0, 0.1) is 6.92 Å². The lowest BCUT2D eigenvalue weighted by Gasteiger charge is -2.31. The third-order valence-electron chi connectivity index (χ3n) is 3.27. The van der Waals surface area contributed by atoms with Gasteiger partial charge in [-0.15, -0.1) is 0 Å². The predicted molar refractivity (Wildman–Crippen MR) is 77.6 cm³/mol. The van der Waals surface area contributed by atoms with E-state index in [9.17, 15) is 4.79 Å².